The highest BCUT2D eigenvalue weighted by molar-refractivity contribution is 5.43. The molecule has 0 bridgehead atoms. The second kappa shape index (κ2) is 4.54. The number of rotatable bonds is 1. The highest BCUT2D eigenvalue weighted by Gasteiger charge is 2.46. The van der Waals surface area contributed by atoms with Crippen LogP contribution in [0.15, 0.2) is 36.4 Å². The number of nitrogens with one attached hydrogen (secondary N) is 1. The molecule has 1 aromatic heterocycles. The van der Waals surface area contributed by atoms with Crippen molar-refractivity contribution in [1.29, 1.82) is 0 Å². The Morgan fingerprint density at radius 3 is 2.60 bits per heavy atom. The summed E-state index contributed by atoms with van der Waals surface area (Å²) < 4.78 is 40.7. The van der Waals surface area contributed by atoms with E-state index in [2.05, 4.69) is 10.4 Å². The number of hydrogen-bond donors (Lipinski definition) is 1. The lowest BCUT2D eigenvalue weighted by Gasteiger charge is -2.33. The fraction of sp³-hybridized carbons (Fsp3) is 0.357. The number of fused-ring (bicyclic) bond motifs is 1. The molecule has 0 amide bonds. The van der Waals surface area contributed by atoms with Crippen molar-refractivity contribution in [2.45, 2.75) is 31.6 Å². The molecule has 0 fully saturated rings. The second-order valence-corrected chi connectivity index (χ2v) is 5.02. The number of benzene rings is 1. The molecule has 2 aromatic rings. The first-order chi connectivity index (χ1) is 9.45. The van der Waals surface area contributed by atoms with Crippen molar-refractivity contribution in [2.24, 2.45) is 0 Å². The zero-order valence-electron chi connectivity index (χ0n) is 10.9. The molecule has 1 aliphatic heterocycles. The normalized spacial score (nSPS) is 22.2. The van der Waals surface area contributed by atoms with Crippen LogP contribution in [0.5, 0.6) is 0 Å². The van der Waals surface area contributed by atoms with Crippen molar-refractivity contribution in [2.75, 3.05) is 5.32 Å². The molecule has 0 saturated heterocycles. The molecule has 2 heterocycles. The molecular formula is C14H14F3N3. The van der Waals surface area contributed by atoms with E-state index in [1.54, 1.807) is 13.0 Å². The van der Waals surface area contributed by atoms with E-state index >= 15 is 0 Å². The van der Waals surface area contributed by atoms with Crippen LogP contribution in [0.25, 0.3) is 0 Å². The molecule has 1 aliphatic rings. The molecule has 3 nitrogen and oxygen atoms in total. The van der Waals surface area contributed by atoms with E-state index in [1.165, 1.54) is 0 Å². The Bertz CT molecular complexity index is 604. The van der Waals surface area contributed by atoms with Gasteiger partial charge in [0.1, 0.15) is 5.82 Å². The van der Waals surface area contributed by atoms with Gasteiger partial charge in [0.15, 0.2) is 6.04 Å². The Labute approximate surface area is 114 Å². The van der Waals surface area contributed by atoms with Crippen molar-refractivity contribution in [3.63, 3.8) is 0 Å². The largest absolute Gasteiger partial charge is 0.410 e. The van der Waals surface area contributed by atoms with E-state index in [9.17, 15) is 13.2 Å². The molecule has 0 spiro atoms. The summed E-state index contributed by atoms with van der Waals surface area (Å²) in [5.74, 6) is 0.421. The summed E-state index contributed by atoms with van der Waals surface area (Å²) in [6.45, 7) is 1.69. The SMILES string of the molecule is Cc1cc2n(n1)[C@H](C(F)(F)F)C[C@@H](c1ccccc1)N2. The number of aromatic nitrogens is 2. The van der Waals surface area contributed by atoms with Crippen LogP contribution in [0.1, 0.15) is 29.8 Å². The fourth-order valence-corrected chi connectivity index (χ4v) is 2.60. The van der Waals surface area contributed by atoms with E-state index in [-0.39, 0.29) is 12.5 Å². The van der Waals surface area contributed by atoms with Crippen LogP contribution in [0.3, 0.4) is 0 Å². The van der Waals surface area contributed by atoms with Crippen molar-refractivity contribution in [3.8, 4) is 0 Å². The van der Waals surface area contributed by atoms with Crippen molar-refractivity contribution < 1.29 is 13.2 Å². The third-order valence-electron chi connectivity index (χ3n) is 3.51. The molecule has 106 valence electrons. The molecule has 6 heteroatoms. The maximum Gasteiger partial charge on any atom is 0.410 e. The maximum absolute atomic E-state index is 13.2. The Kier molecular flexibility index (Phi) is 2.96. The molecule has 20 heavy (non-hydrogen) atoms. The smallest absolute Gasteiger partial charge is 0.363 e. The van der Waals surface area contributed by atoms with Gasteiger partial charge in [0.2, 0.25) is 0 Å². The summed E-state index contributed by atoms with van der Waals surface area (Å²) in [7, 11) is 0. The first-order valence-electron chi connectivity index (χ1n) is 6.39. The summed E-state index contributed by atoms with van der Waals surface area (Å²) in [6, 6.07) is 8.89. The monoisotopic (exact) mass is 281 g/mol. The minimum absolute atomic E-state index is 0.0539. The average molecular weight is 281 g/mol. The lowest BCUT2D eigenvalue weighted by molar-refractivity contribution is -0.173. The van der Waals surface area contributed by atoms with E-state index in [0.29, 0.717) is 11.5 Å². The fourth-order valence-electron chi connectivity index (χ4n) is 2.60. The molecule has 0 aliphatic carbocycles. The number of hydrogen-bond acceptors (Lipinski definition) is 2. The highest BCUT2D eigenvalue weighted by Crippen LogP contribution is 2.43. The van der Waals surface area contributed by atoms with Gasteiger partial charge in [0.05, 0.1) is 11.7 Å². The lowest BCUT2D eigenvalue weighted by atomic mass is 9.97. The summed E-state index contributed by atoms with van der Waals surface area (Å²) in [5, 5.41) is 7.10. The predicted molar refractivity (Wildman–Crippen MR) is 69.5 cm³/mol. The van der Waals surface area contributed by atoms with E-state index < -0.39 is 12.2 Å². The third kappa shape index (κ3) is 2.26. The van der Waals surface area contributed by atoms with E-state index in [0.717, 1.165) is 10.2 Å². The van der Waals surface area contributed by atoms with Gasteiger partial charge < -0.3 is 5.32 Å². The lowest BCUT2D eigenvalue weighted by Crippen LogP contribution is -2.35. The van der Waals surface area contributed by atoms with Gasteiger partial charge in [-0.15, -0.1) is 0 Å². The molecule has 0 radical (unpaired) electrons. The van der Waals surface area contributed by atoms with Gasteiger partial charge in [-0.25, -0.2) is 4.68 Å². The Hall–Kier alpha value is -1.98. The minimum atomic E-state index is -4.30. The summed E-state index contributed by atoms with van der Waals surface area (Å²) in [4.78, 5) is 0. The van der Waals surface area contributed by atoms with Gasteiger partial charge in [-0.3, -0.25) is 0 Å². The van der Waals surface area contributed by atoms with Crippen LogP contribution in [0, 0.1) is 6.92 Å². The first-order valence-corrected chi connectivity index (χ1v) is 6.39. The maximum atomic E-state index is 13.2. The summed E-state index contributed by atoms with van der Waals surface area (Å²) in [5.41, 5.74) is 1.43. The van der Waals surface area contributed by atoms with Crippen LogP contribution in [0.4, 0.5) is 19.0 Å². The van der Waals surface area contributed by atoms with Gasteiger partial charge in [0.25, 0.3) is 0 Å². The average Bonchev–Trinajstić information content (AvgIpc) is 2.77. The van der Waals surface area contributed by atoms with Gasteiger partial charge in [-0.05, 0) is 12.5 Å². The quantitative estimate of drug-likeness (QED) is 0.860. The molecule has 1 aromatic carbocycles. The molecule has 1 N–H and O–H groups in total. The van der Waals surface area contributed by atoms with Crippen LogP contribution in [-0.2, 0) is 0 Å². The molecule has 2 atom stereocenters. The van der Waals surface area contributed by atoms with Gasteiger partial charge in [-0.2, -0.15) is 18.3 Å². The van der Waals surface area contributed by atoms with E-state index in [4.69, 9.17) is 0 Å². The Morgan fingerprint density at radius 2 is 1.95 bits per heavy atom. The number of anilines is 1. The first kappa shape index (κ1) is 13.0. The van der Waals surface area contributed by atoms with Crippen LogP contribution < -0.4 is 5.32 Å². The zero-order chi connectivity index (χ0) is 14.3. The molecular weight excluding hydrogens is 267 g/mol. The second-order valence-electron chi connectivity index (χ2n) is 5.02. The van der Waals surface area contributed by atoms with Gasteiger partial charge in [-0.1, -0.05) is 30.3 Å². The summed E-state index contributed by atoms with van der Waals surface area (Å²) in [6.07, 6.45) is -4.36. The van der Waals surface area contributed by atoms with Crippen molar-refractivity contribution in [3.05, 3.63) is 47.7 Å². The van der Waals surface area contributed by atoms with E-state index in [1.807, 2.05) is 30.3 Å². The summed E-state index contributed by atoms with van der Waals surface area (Å²) >= 11 is 0. The van der Waals surface area contributed by atoms with Crippen LogP contribution in [-0.4, -0.2) is 16.0 Å². The Balaban J connectivity index is 2.00. The van der Waals surface area contributed by atoms with Gasteiger partial charge >= 0.3 is 6.18 Å². The molecule has 0 saturated carbocycles. The zero-order valence-corrected chi connectivity index (χ0v) is 10.9. The van der Waals surface area contributed by atoms with Crippen molar-refractivity contribution >= 4 is 5.82 Å². The topological polar surface area (TPSA) is 29.9 Å². The highest BCUT2D eigenvalue weighted by atomic mass is 19.4. The minimum Gasteiger partial charge on any atom is -0.363 e. The van der Waals surface area contributed by atoms with Crippen LogP contribution >= 0.6 is 0 Å². The van der Waals surface area contributed by atoms with Crippen LogP contribution in [0.2, 0.25) is 0 Å². The molecule has 0 unspecified atom stereocenters. The number of nitrogens with zero attached hydrogens (tertiary/aromatic N) is 2. The number of halogens is 3. The Morgan fingerprint density at radius 1 is 1.25 bits per heavy atom. The standard InChI is InChI=1S/C14H14F3N3/c1-9-7-13-18-11(10-5-3-2-4-6-10)8-12(14(15,16)17)20(13)19-9/h2-7,11-12,18H,8H2,1H3/t11-,12-/m0/s1. The predicted octanol–water partition coefficient (Wildman–Crippen LogP) is 3.85. The number of aryl methyl sites for hydroxylation is 1. The third-order valence-corrected chi connectivity index (χ3v) is 3.51. The number of alkyl halides is 3. The molecule has 3 rings (SSSR count). The van der Waals surface area contributed by atoms with Gasteiger partial charge in [0, 0.05) is 12.5 Å². The van der Waals surface area contributed by atoms with Crippen molar-refractivity contribution in [1.82, 2.24) is 9.78 Å².